The summed E-state index contributed by atoms with van der Waals surface area (Å²) in [6.07, 6.45) is 0.753. The van der Waals surface area contributed by atoms with Gasteiger partial charge in [0.05, 0.1) is 6.04 Å². The molecule has 0 heterocycles. The molecule has 0 saturated heterocycles. The van der Waals surface area contributed by atoms with Crippen LogP contribution in [0.3, 0.4) is 0 Å². The van der Waals surface area contributed by atoms with Crippen LogP contribution in [-0.2, 0) is 11.4 Å². The number of benzene rings is 1. The maximum atomic E-state index is 13.9. The lowest BCUT2D eigenvalue weighted by molar-refractivity contribution is 0.448. The molecule has 1 N–H and O–H groups in total. The largest absolute Gasteiger partial charge is 0.598 e. The second-order valence-electron chi connectivity index (χ2n) is 6.20. The van der Waals surface area contributed by atoms with Gasteiger partial charge in [0.2, 0.25) is 0 Å². The Morgan fingerprint density at radius 2 is 1.84 bits per heavy atom. The zero-order chi connectivity index (χ0) is 14.6. The molecule has 0 amide bonds. The maximum Gasteiger partial charge on any atom is 0.136 e. The van der Waals surface area contributed by atoms with E-state index in [9.17, 15) is 8.94 Å². The predicted octanol–water partition coefficient (Wildman–Crippen LogP) is 3.96. The Morgan fingerprint density at radius 1 is 1.26 bits per heavy atom. The molecule has 1 aromatic rings. The first-order valence-corrected chi connectivity index (χ1v) is 7.79. The van der Waals surface area contributed by atoms with E-state index in [1.54, 1.807) is 12.1 Å². The monoisotopic (exact) mass is 285 g/mol. The highest BCUT2D eigenvalue weighted by Crippen LogP contribution is 2.26. The Hall–Kier alpha value is -0.580. The predicted molar refractivity (Wildman–Crippen MR) is 79.6 cm³/mol. The molecule has 0 aliphatic rings. The lowest BCUT2D eigenvalue weighted by atomic mass is 9.97. The van der Waals surface area contributed by atoms with Gasteiger partial charge in [-0.3, -0.25) is 0 Å². The van der Waals surface area contributed by atoms with E-state index in [1.807, 2.05) is 26.8 Å². The Kier molecular flexibility index (Phi) is 5.83. The van der Waals surface area contributed by atoms with Crippen LogP contribution in [0.1, 0.15) is 52.6 Å². The Balaban J connectivity index is 2.93. The molecular weight excluding hydrogens is 261 g/mol. The number of hydrogen-bond donors (Lipinski definition) is 1. The van der Waals surface area contributed by atoms with Gasteiger partial charge in [-0.2, -0.15) is 0 Å². The van der Waals surface area contributed by atoms with Crippen molar-refractivity contribution in [3.8, 4) is 0 Å². The molecular formula is C15H24FNOS. The van der Waals surface area contributed by atoms with Crippen molar-refractivity contribution in [1.82, 2.24) is 4.72 Å². The van der Waals surface area contributed by atoms with Gasteiger partial charge < -0.3 is 4.55 Å². The van der Waals surface area contributed by atoms with Gasteiger partial charge in [-0.15, -0.1) is 4.72 Å². The Morgan fingerprint density at radius 3 is 2.32 bits per heavy atom. The number of hydrogen-bond acceptors (Lipinski definition) is 2. The maximum absolute atomic E-state index is 13.9. The standard InChI is InChI=1S/C15H24FNOS/c1-11(2)10-14(17-19(18)15(3,4)5)12-8-6-7-9-13(12)16/h6-9,11,14,17H,10H2,1-5H3/t14-,19?/m0/s1. The van der Waals surface area contributed by atoms with Gasteiger partial charge in [0.15, 0.2) is 0 Å². The minimum Gasteiger partial charge on any atom is -0.598 e. The molecule has 19 heavy (non-hydrogen) atoms. The van der Waals surface area contributed by atoms with E-state index in [-0.39, 0.29) is 16.6 Å². The first-order valence-electron chi connectivity index (χ1n) is 6.64. The third kappa shape index (κ3) is 5.13. The van der Waals surface area contributed by atoms with Gasteiger partial charge in [-0.25, -0.2) is 4.39 Å². The summed E-state index contributed by atoms with van der Waals surface area (Å²) in [6.45, 7) is 9.88. The van der Waals surface area contributed by atoms with Crippen LogP contribution in [0, 0.1) is 11.7 Å². The zero-order valence-electron chi connectivity index (χ0n) is 12.4. The first-order chi connectivity index (χ1) is 8.71. The summed E-state index contributed by atoms with van der Waals surface area (Å²) < 4.78 is 28.8. The topological polar surface area (TPSA) is 35.1 Å². The van der Waals surface area contributed by atoms with Crippen molar-refractivity contribution in [2.45, 2.75) is 51.8 Å². The van der Waals surface area contributed by atoms with Crippen LogP contribution in [0.15, 0.2) is 24.3 Å². The van der Waals surface area contributed by atoms with Crippen molar-refractivity contribution in [2.24, 2.45) is 5.92 Å². The van der Waals surface area contributed by atoms with Crippen LogP contribution in [0.5, 0.6) is 0 Å². The third-order valence-corrected chi connectivity index (χ3v) is 4.40. The van der Waals surface area contributed by atoms with E-state index in [1.165, 1.54) is 6.07 Å². The van der Waals surface area contributed by atoms with Crippen LogP contribution in [0.2, 0.25) is 0 Å². The molecule has 0 radical (unpaired) electrons. The summed E-state index contributed by atoms with van der Waals surface area (Å²) >= 11 is -1.21. The molecule has 2 nitrogen and oxygen atoms in total. The van der Waals surface area contributed by atoms with E-state index >= 15 is 0 Å². The lowest BCUT2D eigenvalue weighted by Gasteiger charge is -2.29. The normalized spacial score (nSPS) is 15.6. The Bertz CT molecular complexity index is 403. The molecule has 1 rings (SSSR count). The molecule has 108 valence electrons. The third-order valence-electron chi connectivity index (χ3n) is 2.79. The van der Waals surface area contributed by atoms with Gasteiger partial charge in [0.25, 0.3) is 0 Å². The number of nitrogens with one attached hydrogen (secondary N) is 1. The summed E-state index contributed by atoms with van der Waals surface area (Å²) in [5.41, 5.74) is 0.591. The lowest BCUT2D eigenvalue weighted by Crippen LogP contribution is -2.41. The molecule has 4 heteroatoms. The highest BCUT2D eigenvalue weighted by atomic mass is 32.2. The van der Waals surface area contributed by atoms with Crippen LogP contribution < -0.4 is 4.72 Å². The highest BCUT2D eigenvalue weighted by Gasteiger charge is 2.30. The molecule has 1 unspecified atom stereocenters. The SMILES string of the molecule is CC(C)C[C@H](N[S+]([O-])C(C)(C)C)c1ccccc1F. The summed E-state index contributed by atoms with van der Waals surface area (Å²) in [6, 6.07) is 6.47. The van der Waals surface area contributed by atoms with E-state index < -0.39 is 11.4 Å². The van der Waals surface area contributed by atoms with Crippen LogP contribution in [-0.4, -0.2) is 9.30 Å². The second kappa shape index (κ2) is 6.73. The molecule has 0 aliphatic carbocycles. The molecule has 0 bridgehead atoms. The van der Waals surface area contributed by atoms with Crippen molar-refractivity contribution < 1.29 is 8.94 Å². The zero-order valence-corrected chi connectivity index (χ0v) is 13.2. The van der Waals surface area contributed by atoms with Crippen LogP contribution in [0.25, 0.3) is 0 Å². The van der Waals surface area contributed by atoms with Gasteiger partial charge in [0, 0.05) is 16.9 Å². The van der Waals surface area contributed by atoms with Gasteiger partial charge in [-0.05, 0) is 39.2 Å². The van der Waals surface area contributed by atoms with E-state index in [4.69, 9.17) is 0 Å². The summed E-state index contributed by atoms with van der Waals surface area (Å²) in [4.78, 5) is 0. The molecule has 0 fully saturated rings. The van der Waals surface area contributed by atoms with Gasteiger partial charge >= 0.3 is 0 Å². The molecule has 0 aliphatic heterocycles. The fourth-order valence-electron chi connectivity index (χ4n) is 1.77. The summed E-state index contributed by atoms with van der Waals surface area (Å²) in [5, 5.41) is 0. The van der Waals surface area contributed by atoms with Crippen molar-refractivity contribution >= 4 is 11.4 Å². The van der Waals surface area contributed by atoms with E-state index in [0.717, 1.165) is 6.42 Å². The van der Waals surface area contributed by atoms with Crippen molar-refractivity contribution in [3.05, 3.63) is 35.6 Å². The minimum absolute atomic E-state index is 0.221. The quantitative estimate of drug-likeness (QED) is 0.831. The van der Waals surface area contributed by atoms with Crippen molar-refractivity contribution in [3.63, 3.8) is 0 Å². The molecule has 0 saturated carbocycles. The van der Waals surface area contributed by atoms with Crippen molar-refractivity contribution in [1.29, 1.82) is 0 Å². The van der Waals surface area contributed by atoms with Crippen LogP contribution >= 0.6 is 0 Å². The van der Waals surface area contributed by atoms with Crippen LogP contribution in [0.4, 0.5) is 4.39 Å². The van der Waals surface area contributed by atoms with E-state index in [2.05, 4.69) is 18.6 Å². The number of halogens is 1. The number of rotatable bonds is 5. The van der Waals surface area contributed by atoms with Gasteiger partial charge in [0.1, 0.15) is 10.6 Å². The fourth-order valence-corrected chi connectivity index (χ4v) is 2.61. The van der Waals surface area contributed by atoms with Gasteiger partial charge in [-0.1, -0.05) is 32.0 Å². The minimum atomic E-state index is -1.21. The molecule has 2 atom stereocenters. The fraction of sp³-hybridized carbons (Fsp3) is 0.600. The second-order valence-corrected chi connectivity index (χ2v) is 8.20. The Labute approximate surface area is 119 Å². The van der Waals surface area contributed by atoms with E-state index in [0.29, 0.717) is 11.5 Å². The summed E-state index contributed by atoms with van der Waals surface area (Å²) in [5.74, 6) is 0.153. The van der Waals surface area contributed by atoms with Crippen molar-refractivity contribution in [2.75, 3.05) is 0 Å². The first kappa shape index (κ1) is 16.5. The smallest absolute Gasteiger partial charge is 0.136 e. The highest BCUT2D eigenvalue weighted by molar-refractivity contribution is 7.90. The summed E-state index contributed by atoms with van der Waals surface area (Å²) in [7, 11) is 0. The average Bonchev–Trinajstić information content (AvgIpc) is 2.26. The molecule has 0 spiro atoms. The molecule has 0 aromatic heterocycles. The average molecular weight is 285 g/mol. The molecule has 1 aromatic carbocycles.